The molecule has 0 saturated carbocycles. The Hall–Kier alpha value is -3.97. The molecule has 0 atom stereocenters. The van der Waals surface area contributed by atoms with Crippen molar-refractivity contribution in [3.8, 4) is 11.3 Å². The minimum absolute atomic E-state index is 0.191. The van der Waals surface area contributed by atoms with Crippen LogP contribution < -0.4 is 16.8 Å². The number of aliphatic imine (C=N–C) groups is 1. The molecule has 0 radical (unpaired) electrons. The van der Waals surface area contributed by atoms with Crippen LogP contribution in [-0.2, 0) is 0 Å². The number of nitrogen functional groups attached to an aromatic ring is 1. The van der Waals surface area contributed by atoms with E-state index >= 15 is 0 Å². The summed E-state index contributed by atoms with van der Waals surface area (Å²) in [5, 5.41) is 3.33. The molecule has 0 saturated heterocycles. The van der Waals surface area contributed by atoms with E-state index < -0.39 is 0 Å². The Kier molecular flexibility index (Phi) is 5.77. The van der Waals surface area contributed by atoms with E-state index in [0.717, 1.165) is 28.3 Å². The molecule has 0 unspecified atom stereocenters. The molecule has 0 aliphatic carbocycles. The number of oxazole rings is 1. The van der Waals surface area contributed by atoms with E-state index in [1.54, 1.807) is 18.3 Å². The van der Waals surface area contributed by atoms with Gasteiger partial charge in [-0.2, -0.15) is 0 Å². The molecule has 0 spiro atoms. The number of halogens is 1. The average molecular weight is 415 g/mol. The molecule has 6 nitrogen and oxygen atoms in total. The predicted molar refractivity (Wildman–Crippen MR) is 122 cm³/mol. The summed E-state index contributed by atoms with van der Waals surface area (Å²) < 4.78 is 18.7. The first-order chi connectivity index (χ1) is 15.0. The third-order valence-corrected chi connectivity index (χ3v) is 4.77. The predicted octanol–water partition coefficient (Wildman–Crippen LogP) is 5.19. The topological polar surface area (TPSA) is 102 Å². The van der Waals surface area contributed by atoms with E-state index in [0.29, 0.717) is 23.0 Å². The molecule has 5 N–H and O–H groups in total. The molecule has 0 aliphatic heterocycles. The highest BCUT2D eigenvalue weighted by Crippen LogP contribution is 2.29. The van der Waals surface area contributed by atoms with Crippen LogP contribution in [0.2, 0.25) is 0 Å². The smallest absolute Gasteiger partial charge is 0.191 e. The molecule has 4 aromatic rings. The van der Waals surface area contributed by atoms with Gasteiger partial charge in [-0.1, -0.05) is 12.1 Å². The van der Waals surface area contributed by atoms with E-state index in [-0.39, 0.29) is 12.4 Å². The normalized spacial score (nSPS) is 11.5. The fourth-order valence-electron chi connectivity index (χ4n) is 3.18. The summed E-state index contributed by atoms with van der Waals surface area (Å²) >= 11 is 0. The zero-order valence-corrected chi connectivity index (χ0v) is 17.0. The summed E-state index contributed by atoms with van der Waals surface area (Å²) in [6.45, 7) is 2.00. The molecule has 3 aromatic carbocycles. The van der Waals surface area contributed by atoms with Crippen LogP contribution in [0.3, 0.4) is 0 Å². The Balaban J connectivity index is 1.59. The SMILES string of the molecule is Cc1ncc(-c2ccc(Nc3cccc(C(CN)=Nc4ccc(F)cc4)c3N)cc2)o1. The van der Waals surface area contributed by atoms with E-state index in [9.17, 15) is 4.39 Å². The van der Waals surface area contributed by atoms with Crippen molar-refractivity contribution in [2.75, 3.05) is 17.6 Å². The van der Waals surface area contributed by atoms with E-state index in [4.69, 9.17) is 15.9 Å². The van der Waals surface area contributed by atoms with E-state index in [1.165, 1.54) is 12.1 Å². The molecular formula is C24H22FN5O. The number of aryl methyl sites for hydroxylation is 1. The molecule has 0 bridgehead atoms. The second kappa shape index (κ2) is 8.81. The van der Waals surface area contributed by atoms with Gasteiger partial charge in [0.25, 0.3) is 0 Å². The molecule has 1 heterocycles. The lowest BCUT2D eigenvalue weighted by atomic mass is 10.1. The molecule has 1 aromatic heterocycles. The maximum Gasteiger partial charge on any atom is 0.191 e. The van der Waals surface area contributed by atoms with Crippen LogP contribution in [0.4, 0.5) is 27.1 Å². The second-order valence-electron chi connectivity index (χ2n) is 6.95. The standard InChI is InChI=1S/C24H22FN5O/c1-15-28-14-23(31-15)16-5-9-18(10-6-16)29-21-4-2-3-20(24(21)27)22(13-26)30-19-11-7-17(25)8-12-19/h2-12,14,29H,13,26-27H2,1H3. The molecule has 31 heavy (non-hydrogen) atoms. The molecular weight excluding hydrogens is 393 g/mol. The van der Waals surface area contributed by atoms with Crippen LogP contribution >= 0.6 is 0 Å². The number of hydrogen-bond donors (Lipinski definition) is 3. The second-order valence-corrected chi connectivity index (χ2v) is 6.95. The maximum absolute atomic E-state index is 13.2. The molecule has 0 fully saturated rings. The van der Waals surface area contributed by atoms with Crippen LogP contribution in [0.25, 0.3) is 11.3 Å². The fourth-order valence-corrected chi connectivity index (χ4v) is 3.18. The first-order valence-electron chi connectivity index (χ1n) is 9.75. The lowest BCUT2D eigenvalue weighted by Gasteiger charge is -2.14. The van der Waals surface area contributed by atoms with Crippen LogP contribution in [0.15, 0.2) is 82.3 Å². The van der Waals surface area contributed by atoms with Crippen LogP contribution in [0, 0.1) is 12.7 Å². The average Bonchev–Trinajstić information content (AvgIpc) is 3.22. The van der Waals surface area contributed by atoms with Crippen molar-refractivity contribution in [3.05, 3.63) is 90.2 Å². The van der Waals surface area contributed by atoms with Crippen molar-refractivity contribution < 1.29 is 8.81 Å². The van der Waals surface area contributed by atoms with Gasteiger partial charge in [-0.3, -0.25) is 4.99 Å². The number of para-hydroxylation sites is 1. The maximum atomic E-state index is 13.2. The molecule has 156 valence electrons. The Morgan fingerprint density at radius 1 is 1.06 bits per heavy atom. The van der Waals surface area contributed by atoms with Gasteiger partial charge >= 0.3 is 0 Å². The van der Waals surface area contributed by atoms with Crippen molar-refractivity contribution in [1.29, 1.82) is 0 Å². The summed E-state index contributed by atoms with van der Waals surface area (Å²) in [4.78, 5) is 8.67. The van der Waals surface area contributed by atoms with Crippen LogP contribution in [0.1, 0.15) is 11.5 Å². The number of aromatic nitrogens is 1. The summed E-state index contributed by atoms with van der Waals surface area (Å²) in [6, 6.07) is 19.3. The Labute approximate surface area is 179 Å². The quantitative estimate of drug-likeness (QED) is 0.297. The van der Waals surface area contributed by atoms with E-state index in [1.807, 2.05) is 49.4 Å². The number of benzene rings is 3. The third kappa shape index (κ3) is 4.62. The van der Waals surface area contributed by atoms with Crippen molar-refractivity contribution in [2.24, 2.45) is 10.7 Å². The van der Waals surface area contributed by atoms with Gasteiger partial charge < -0.3 is 21.2 Å². The lowest BCUT2D eigenvalue weighted by molar-refractivity contribution is 0.534. The van der Waals surface area contributed by atoms with Crippen LogP contribution in [0.5, 0.6) is 0 Å². The molecule has 4 rings (SSSR count). The van der Waals surface area contributed by atoms with Crippen molar-refractivity contribution in [3.63, 3.8) is 0 Å². The van der Waals surface area contributed by atoms with Gasteiger partial charge in [0, 0.05) is 30.3 Å². The highest BCUT2D eigenvalue weighted by molar-refractivity contribution is 6.09. The minimum atomic E-state index is -0.316. The Bertz CT molecular complexity index is 1210. The summed E-state index contributed by atoms with van der Waals surface area (Å²) in [7, 11) is 0. The molecule has 0 aliphatic rings. The number of nitrogens with zero attached hydrogens (tertiary/aromatic N) is 2. The number of hydrogen-bond acceptors (Lipinski definition) is 6. The monoisotopic (exact) mass is 415 g/mol. The van der Waals surface area contributed by atoms with Gasteiger partial charge in [0.15, 0.2) is 11.7 Å². The van der Waals surface area contributed by atoms with Gasteiger partial charge in [-0.15, -0.1) is 0 Å². The Morgan fingerprint density at radius 2 is 1.81 bits per heavy atom. The van der Waals surface area contributed by atoms with Crippen molar-refractivity contribution in [1.82, 2.24) is 4.98 Å². The van der Waals surface area contributed by atoms with Crippen molar-refractivity contribution >= 4 is 28.5 Å². The van der Waals surface area contributed by atoms with Gasteiger partial charge in [0.2, 0.25) is 0 Å². The van der Waals surface area contributed by atoms with Gasteiger partial charge in [-0.25, -0.2) is 9.37 Å². The van der Waals surface area contributed by atoms with Gasteiger partial charge in [0.05, 0.1) is 29.0 Å². The largest absolute Gasteiger partial charge is 0.441 e. The minimum Gasteiger partial charge on any atom is -0.441 e. The highest BCUT2D eigenvalue weighted by Gasteiger charge is 2.11. The summed E-state index contributed by atoms with van der Waals surface area (Å²) in [6.07, 6.45) is 1.70. The van der Waals surface area contributed by atoms with Crippen LogP contribution in [-0.4, -0.2) is 17.2 Å². The lowest BCUT2D eigenvalue weighted by Crippen LogP contribution is -2.17. The number of nitrogens with two attached hydrogens (primary N) is 2. The molecule has 7 heteroatoms. The van der Waals surface area contributed by atoms with E-state index in [2.05, 4.69) is 15.3 Å². The number of rotatable bonds is 6. The summed E-state index contributed by atoms with van der Waals surface area (Å²) in [5.74, 6) is 1.03. The fraction of sp³-hybridized carbons (Fsp3) is 0.0833. The van der Waals surface area contributed by atoms with Crippen molar-refractivity contribution in [2.45, 2.75) is 6.92 Å². The van der Waals surface area contributed by atoms with Gasteiger partial charge in [-0.05, 0) is 54.6 Å². The molecule has 0 amide bonds. The Morgan fingerprint density at radius 3 is 2.45 bits per heavy atom. The van der Waals surface area contributed by atoms with Gasteiger partial charge in [0.1, 0.15) is 5.82 Å². The first-order valence-corrected chi connectivity index (χ1v) is 9.75. The summed E-state index contributed by atoms with van der Waals surface area (Å²) in [5.41, 5.74) is 17.4. The zero-order chi connectivity index (χ0) is 21.8. The first kappa shape index (κ1) is 20.3. The highest BCUT2D eigenvalue weighted by atomic mass is 19.1. The third-order valence-electron chi connectivity index (χ3n) is 4.77. The zero-order valence-electron chi connectivity index (χ0n) is 17.0. The number of nitrogens with one attached hydrogen (secondary N) is 1. The number of anilines is 3.